The van der Waals surface area contributed by atoms with Crippen LogP contribution in [0.3, 0.4) is 0 Å². The number of fused-ring (bicyclic) bond motifs is 1. The SMILES string of the molecule is COCc1nc2c(OC)cc(C(=O)Cl)cc2o1. The summed E-state index contributed by atoms with van der Waals surface area (Å²) in [6.07, 6.45) is 0. The van der Waals surface area contributed by atoms with Crippen LogP contribution < -0.4 is 4.74 Å². The van der Waals surface area contributed by atoms with E-state index in [1.807, 2.05) is 0 Å². The van der Waals surface area contributed by atoms with Gasteiger partial charge in [-0.15, -0.1) is 0 Å². The highest BCUT2D eigenvalue weighted by Gasteiger charge is 2.14. The lowest BCUT2D eigenvalue weighted by Gasteiger charge is -2.01. The van der Waals surface area contributed by atoms with Crippen LogP contribution in [0.4, 0.5) is 0 Å². The molecule has 6 heteroatoms. The first-order chi connectivity index (χ1) is 8.15. The molecule has 0 saturated carbocycles. The van der Waals surface area contributed by atoms with Crippen molar-refractivity contribution in [3.8, 4) is 5.75 Å². The van der Waals surface area contributed by atoms with E-state index in [9.17, 15) is 4.79 Å². The topological polar surface area (TPSA) is 61.6 Å². The monoisotopic (exact) mass is 255 g/mol. The first-order valence-electron chi connectivity index (χ1n) is 4.82. The molecule has 0 amide bonds. The zero-order valence-electron chi connectivity index (χ0n) is 9.32. The predicted octanol–water partition coefficient (Wildman–Crippen LogP) is 2.36. The fourth-order valence-corrected chi connectivity index (χ4v) is 1.61. The van der Waals surface area contributed by atoms with Gasteiger partial charge in [-0.05, 0) is 23.7 Å². The summed E-state index contributed by atoms with van der Waals surface area (Å²) < 4.78 is 15.5. The third kappa shape index (κ3) is 2.25. The summed E-state index contributed by atoms with van der Waals surface area (Å²) in [5.41, 5.74) is 1.29. The Morgan fingerprint density at radius 3 is 2.82 bits per heavy atom. The van der Waals surface area contributed by atoms with Gasteiger partial charge in [0.15, 0.2) is 11.1 Å². The van der Waals surface area contributed by atoms with Crippen molar-refractivity contribution in [1.82, 2.24) is 4.98 Å². The van der Waals surface area contributed by atoms with E-state index in [2.05, 4.69) is 4.98 Å². The fourth-order valence-electron chi connectivity index (χ4n) is 1.50. The second-order valence-electron chi connectivity index (χ2n) is 3.34. The van der Waals surface area contributed by atoms with Crippen LogP contribution in [-0.4, -0.2) is 24.4 Å². The van der Waals surface area contributed by atoms with Crippen LogP contribution in [-0.2, 0) is 11.3 Å². The van der Waals surface area contributed by atoms with Crippen LogP contribution in [0.2, 0.25) is 0 Å². The largest absolute Gasteiger partial charge is 0.494 e. The number of halogens is 1. The lowest BCUT2D eigenvalue weighted by molar-refractivity contribution is 0.108. The van der Waals surface area contributed by atoms with E-state index in [0.717, 1.165) is 0 Å². The molecule has 90 valence electrons. The number of ether oxygens (including phenoxy) is 2. The molecule has 0 aliphatic rings. The van der Waals surface area contributed by atoms with Crippen molar-refractivity contribution < 1.29 is 18.7 Å². The Bertz CT molecular complexity index is 564. The maximum atomic E-state index is 11.1. The molecule has 0 atom stereocenters. The Balaban J connectivity index is 2.60. The molecule has 1 heterocycles. The molecule has 5 nitrogen and oxygen atoms in total. The number of hydrogen-bond donors (Lipinski definition) is 0. The van der Waals surface area contributed by atoms with Gasteiger partial charge >= 0.3 is 0 Å². The molecule has 0 aliphatic heterocycles. The predicted molar refractivity (Wildman–Crippen MR) is 61.5 cm³/mol. The minimum absolute atomic E-state index is 0.252. The molecule has 1 aromatic carbocycles. The number of oxazole rings is 1. The summed E-state index contributed by atoms with van der Waals surface area (Å²) in [6.45, 7) is 0.252. The van der Waals surface area contributed by atoms with E-state index in [-0.39, 0.29) is 6.61 Å². The number of benzene rings is 1. The summed E-state index contributed by atoms with van der Waals surface area (Å²) in [5.74, 6) is 0.859. The van der Waals surface area contributed by atoms with Crippen molar-refractivity contribution in [1.29, 1.82) is 0 Å². The van der Waals surface area contributed by atoms with E-state index in [0.29, 0.717) is 28.3 Å². The average Bonchev–Trinajstić information content (AvgIpc) is 2.70. The third-order valence-corrected chi connectivity index (χ3v) is 2.44. The van der Waals surface area contributed by atoms with Crippen LogP contribution in [0.15, 0.2) is 16.5 Å². The van der Waals surface area contributed by atoms with E-state index in [1.54, 1.807) is 7.11 Å². The molecular weight excluding hydrogens is 246 g/mol. The Hall–Kier alpha value is -1.59. The van der Waals surface area contributed by atoms with Crippen LogP contribution in [0.25, 0.3) is 11.1 Å². The minimum Gasteiger partial charge on any atom is -0.494 e. The summed E-state index contributed by atoms with van der Waals surface area (Å²) >= 11 is 5.42. The van der Waals surface area contributed by atoms with Gasteiger partial charge in [0, 0.05) is 12.7 Å². The molecule has 0 bridgehead atoms. The van der Waals surface area contributed by atoms with Crippen molar-refractivity contribution in [3.63, 3.8) is 0 Å². The van der Waals surface area contributed by atoms with Crippen molar-refractivity contribution in [2.24, 2.45) is 0 Å². The Labute approximate surface area is 102 Å². The molecule has 0 fully saturated rings. The first-order valence-corrected chi connectivity index (χ1v) is 5.19. The first kappa shape index (κ1) is 11.9. The van der Waals surface area contributed by atoms with Crippen molar-refractivity contribution in [2.75, 3.05) is 14.2 Å². The zero-order chi connectivity index (χ0) is 12.4. The summed E-state index contributed by atoms with van der Waals surface area (Å²) in [6, 6.07) is 3.05. The molecule has 0 N–H and O–H groups in total. The number of methoxy groups -OCH3 is 2. The number of aromatic nitrogens is 1. The summed E-state index contributed by atoms with van der Waals surface area (Å²) in [4.78, 5) is 15.3. The Morgan fingerprint density at radius 1 is 1.47 bits per heavy atom. The zero-order valence-corrected chi connectivity index (χ0v) is 10.1. The normalized spacial score (nSPS) is 10.8. The van der Waals surface area contributed by atoms with Gasteiger partial charge in [0.05, 0.1) is 7.11 Å². The molecule has 1 aromatic heterocycles. The molecule has 17 heavy (non-hydrogen) atoms. The molecule has 0 unspecified atom stereocenters. The molecule has 0 saturated heterocycles. The van der Waals surface area contributed by atoms with Gasteiger partial charge in [0.1, 0.15) is 12.4 Å². The summed E-state index contributed by atoms with van der Waals surface area (Å²) in [7, 11) is 3.03. The Kier molecular flexibility index (Phi) is 3.31. The molecular formula is C11H10ClNO4. The van der Waals surface area contributed by atoms with Crippen molar-refractivity contribution in [2.45, 2.75) is 6.61 Å². The smallest absolute Gasteiger partial charge is 0.252 e. The third-order valence-electron chi connectivity index (χ3n) is 2.22. The van der Waals surface area contributed by atoms with Gasteiger partial charge < -0.3 is 13.9 Å². The number of carbonyl (C=O) groups excluding carboxylic acids is 1. The maximum Gasteiger partial charge on any atom is 0.252 e. The van der Waals surface area contributed by atoms with Gasteiger partial charge in [0.2, 0.25) is 5.89 Å². The minimum atomic E-state index is -0.574. The highest BCUT2D eigenvalue weighted by atomic mass is 35.5. The average molecular weight is 256 g/mol. The van der Waals surface area contributed by atoms with Gasteiger partial charge in [-0.2, -0.15) is 0 Å². The van der Waals surface area contributed by atoms with Crippen LogP contribution in [0.5, 0.6) is 5.75 Å². The van der Waals surface area contributed by atoms with Gasteiger partial charge in [-0.25, -0.2) is 4.98 Å². The van der Waals surface area contributed by atoms with Crippen molar-refractivity contribution >= 4 is 27.9 Å². The van der Waals surface area contributed by atoms with Crippen molar-refractivity contribution in [3.05, 3.63) is 23.6 Å². The van der Waals surface area contributed by atoms with E-state index < -0.39 is 5.24 Å². The number of rotatable bonds is 4. The van der Waals surface area contributed by atoms with Crippen LogP contribution in [0.1, 0.15) is 16.2 Å². The fraction of sp³-hybridized carbons (Fsp3) is 0.273. The quantitative estimate of drug-likeness (QED) is 0.785. The van der Waals surface area contributed by atoms with E-state index in [1.165, 1.54) is 19.2 Å². The number of nitrogens with zero attached hydrogens (tertiary/aromatic N) is 1. The highest BCUT2D eigenvalue weighted by molar-refractivity contribution is 6.67. The second kappa shape index (κ2) is 4.73. The van der Waals surface area contributed by atoms with Gasteiger partial charge in [0.25, 0.3) is 5.24 Å². The Morgan fingerprint density at radius 2 is 2.24 bits per heavy atom. The molecule has 0 aliphatic carbocycles. The van der Waals surface area contributed by atoms with E-state index in [4.69, 9.17) is 25.5 Å². The summed E-state index contributed by atoms with van der Waals surface area (Å²) in [5, 5.41) is -0.574. The second-order valence-corrected chi connectivity index (χ2v) is 3.68. The van der Waals surface area contributed by atoms with Gasteiger partial charge in [-0.3, -0.25) is 4.79 Å². The number of hydrogen-bond acceptors (Lipinski definition) is 5. The lowest BCUT2D eigenvalue weighted by atomic mass is 10.2. The standard InChI is InChI=1S/C11H10ClNO4/c1-15-5-9-13-10-7(16-2)3-6(11(12)14)4-8(10)17-9/h3-4H,5H2,1-2H3. The molecule has 0 spiro atoms. The molecule has 0 radical (unpaired) electrons. The number of carbonyl (C=O) groups is 1. The lowest BCUT2D eigenvalue weighted by Crippen LogP contribution is -1.92. The van der Waals surface area contributed by atoms with Gasteiger partial charge in [-0.1, -0.05) is 0 Å². The van der Waals surface area contributed by atoms with E-state index >= 15 is 0 Å². The molecule has 2 aromatic rings. The molecule has 2 rings (SSSR count). The van der Waals surface area contributed by atoms with Crippen LogP contribution in [0, 0.1) is 0 Å². The maximum absolute atomic E-state index is 11.1. The van der Waals surface area contributed by atoms with Crippen LogP contribution >= 0.6 is 11.6 Å². The highest BCUT2D eigenvalue weighted by Crippen LogP contribution is 2.28.